The lowest BCUT2D eigenvalue weighted by Crippen LogP contribution is -2.32. The number of rotatable bonds is 6. The van der Waals surface area contributed by atoms with E-state index in [1.54, 1.807) is 6.07 Å². The van der Waals surface area contributed by atoms with E-state index in [0.29, 0.717) is 11.6 Å². The molecule has 0 atom stereocenters. The van der Waals surface area contributed by atoms with Crippen LogP contribution in [0.25, 0.3) is 0 Å². The van der Waals surface area contributed by atoms with Gasteiger partial charge < -0.3 is 16.5 Å². The molecule has 0 radical (unpaired) electrons. The molecule has 1 aromatic heterocycles. The zero-order valence-corrected chi connectivity index (χ0v) is 12.4. The van der Waals surface area contributed by atoms with Crippen molar-refractivity contribution in [1.82, 2.24) is 9.97 Å². The Kier molecular flexibility index (Phi) is 4.59. The zero-order chi connectivity index (χ0) is 15.3. The maximum absolute atomic E-state index is 5.66. The smallest absolute Gasteiger partial charge is 0.223 e. The van der Waals surface area contributed by atoms with Gasteiger partial charge in [0.15, 0.2) is 0 Å². The molecule has 0 saturated heterocycles. The first kappa shape index (κ1) is 15.1. The van der Waals surface area contributed by atoms with Crippen LogP contribution in [0.4, 0.5) is 17.6 Å². The Labute approximate surface area is 125 Å². The summed E-state index contributed by atoms with van der Waals surface area (Å²) >= 11 is 0. The van der Waals surface area contributed by atoms with Gasteiger partial charge in [0.1, 0.15) is 11.6 Å². The van der Waals surface area contributed by atoms with Gasteiger partial charge in [-0.15, -0.1) is 0 Å². The molecule has 112 valence electrons. The number of anilines is 3. The summed E-state index contributed by atoms with van der Waals surface area (Å²) in [5.41, 5.74) is 9.34. The lowest BCUT2D eigenvalue weighted by atomic mass is 9.95. The minimum Gasteiger partial charge on any atom is -0.368 e. The number of benzene rings is 1. The first-order chi connectivity index (χ1) is 9.98. The predicted octanol–water partition coefficient (Wildman–Crippen LogP) is 2.17. The second-order valence-electron chi connectivity index (χ2n) is 5.64. The first-order valence-corrected chi connectivity index (χ1v) is 6.92. The van der Waals surface area contributed by atoms with Crippen molar-refractivity contribution < 1.29 is 0 Å². The molecule has 0 aliphatic carbocycles. The van der Waals surface area contributed by atoms with E-state index in [1.165, 1.54) is 5.56 Å². The van der Waals surface area contributed by atoms with E-state index in [0.717, 1.165) is 12.8 Å². The number of hydrogen-bond acceptors (Lipinski definition) is 6. The van der Waals surface area contributed by atoms with Gasteiger partial charge in [0.2, 0.25) is 5.95 Å². The van der Waals surface area contributed by atoms with Crippen molar-refractivity contribution in [1.29, 1.82) is 0 Å². The average Bonchev–Trinajstić information content (AvgIpc) is 2.45. The van der Waals surface area contributed by atoms with Gasteiger partial charge in [-0.1, -0.05) is 30.3 Å². The molecule has 0 spiro atoms. The van der Waals surface area contributed by atoms with Crippen molar-refractivity contribution in [3.8, 4) is 0 Å². The number of nitrogens with two attached hydrogens (primary N) is 2. The monoisotopic (exact) mass is 286 g/mol. The molecule has 0 aliphatic rings. The topological polar surface area (TPSA) is 102 Å². The molecule has 6 heteroatoms. The molecule has 2 rings (SSSR count). The van der Waals surface area contributed by atoms with Gasteiger partial charge in [0.25, 0.3) is 0 Å². The molecule has 0 saturated carbocycles. The highest BCUT2D eigenvalue weighted by atomic mass is 15.3. The summed E-state index contributed by atoms with van der Waals surface area (Å²) in [5.74, 6) is 6.70. The SMILES string of the molecule is CC(C)(CCc1ccccc1)Nc1cc(NN)nc(N)n1. The predicted molar refractivity (Wildman–Crippen MR) is 86.7 cm³/mol. The van der Waals surface area contributed by atoms with Gasteiger partial charge in [0.05, 0.1) is 0 Å². The Hall–Kier alpha value is -2.34. The number of nitrogens with zero attached hydrogens (tertiary/aromatic N) is 2. The van der Waals surface area contributed by atoms with Crippen LogP contribution in [0.3, 0.4) is 0 Å². The Bertz CT molecular complexity index is 582. The summed E-state index contributed by atoms with van der Waals surface area (Å²) in [4.78, 5) is 8.15. The number of hydrogen-bond donors (Lipinski definition) is 4. The lowest BCUT2D eigenvalue weighted by molar-refractivity contribution is 0.516. The summed E-state index contributed by atoms with van der Waals surface area (Å²) < 4.78 is 0. The van der Waals surface area contributed by atoms with Crippen LogP contribution in [-0.2, 0) is 6.42 Å². The molecule has 0 bridgehead atoms. The third-order valence-electron chi connectivity index (χ3n) is 3.24. The quantitative estimate of drug-likeness (QED) is 0.479. The summed E-state index contributed by atoms with van der Waals surface area (Å²) in [7, 11) is 0. The largest absolute Gasteiger partial charge is 0.368 e. The number of nitrogens with one attached hydrogen (secondary N) is 2. The molecule has 0 fully saturated rings. The fourth-order valence-corrected chi connectivity index (χ4v) is 2.11. The molecule has 2 aromatic rings. The van der Waals surface area contributed by atoms with Crippen LogP contribution in [0.15, 0.2) is 36.4 Å². The molecule has 1 aromatic carbocycles. The van der Waals surface area contributed by atoms with E-state index >= 15 is 0 Å². The number of aryl methyl sites for hydroxylation is 1. The van der Waals surface area contributed by atoms with Gasteiger partial charge in [0, 0.05) is 11.6 Å². The highest BCUT2D eigenvalue weighted by molar-refractivity contribution is 5.51. The fourth-order valence-electron chi connectivity index (χ4n) is 2.11. The minimum atomic E-state index is -0.123. The van der Waals surface area contributed by atoms with Gasteiger partial charge in [-0.3, -0.25) is 0 Å². The Balaban J connectivity index is 2.01. The molecule has 6 N–H and O–H groups in total. The molecule has 6 nitrogen and oxygen atoms in total. The van der Waals surface area contributed by atoms with Crippen LogP contribution in [0.1, 0.15) is 25.8 Å². The number of aromatic nitrogens is 2. The standard InChI is InChI=1S/C15H22N6/c1-15(2,9-8-11-6-4-3-5-7-11)20-12-10-13(21-17)19-14(16)18-12/h3-7,10H,8-9,17H2,1-2H3,(H4,16,18,19,20,21). The molecule has 21 heavy (non-hydrogen) atoms. The van der Waals surface area contributed by atoms with E-state index < -0.39 is 0 Å². The Morgan fingerprint density at radius 1 is 1.10 bits per heavy atom. The van der Waals surface area contributed by atoms with Crippen LogP contribution < -0.4 is 22.3 Å². The lowest BCUT2D eigenvalue weighted by Gasteiger charge is -2.27. The van der Waals surface area contributed by atoms with Crippen LogP contribution in [0.5, 0.6) is 0 Å². The van der Waals surface area contributed by atoms with Crippen molar-refractivity contribution in [2.24, 2.45) is 5.84 Å². The number of nitrogen functional groups attached to an aromatic ring is 2. The molecule has 1 heterocycles. The third kappa shape index (κ3) is 4.61. The van der Waals surface area contributed by atoms with Crippen molar-refractivity contribution >= 4 is 17.6 Å². The van der Waals surface area contributed by atoms with E-state index in [9.17, 15) is 0 Å². The van der Waals surface area contributed by atoms with Gasteiger partial charge in [-0.05, 0) is 32.3 Å². The summed E-state index contributed by atoms with van der Waals surface area (Å²) in [5, 5.41) is 3.38. The molecule has 0 aliphatic heterocycles. The van der Waals surface area contributed by atoms with Crippen molar-refractivity contribution in [2.45, 2.75) is 32.2 Å². The maximum atomic E-state index is 5.66. The zero-order valence-electron chi connectivity index (χ0n) is 12.4. The highest BCUT2D eigenvalue weighted by Crippen LogP contribution is 2.21. The molecule has 0 amide bonds. The molecular weight excluding hydrogens is 264 g/mol. The van der Waals surface area contributed by atoms with Crippen LogP contribution in [-0.4, -0.2) is 15.5 Å². The molecule has 0 unspecified atom stereocenters. The van der Waals surface area contributed by atoms with Crippen molar-refractivity contribution in [3.63, 3.8) is 0 Å². The second kappa shape index (κ2) is 6.41. The summed E-state index contributed by atoms with van der Waals surface area (Å²) in [6.45, 7) is 4.26. The average molecular weight is 286 g/mol. The van der Waals surface area contributed by atoms with Crippen molar-refractivity contribution in [2.75, 3.05) is 16.5 Å². The highest BCUT2D eigenvalue weighted by Gasteiger charge is 2.18. The summed E-state index contributed by atoms with van der Waals surface area (Å²) in [6.07, 6.45) is 1.95. The van der Waals surface area contributed by atoms with Gasteiger partial charge in [-0.25, -0.2) is 5.84 Å². The van der Waals surface area contributed by atoms with Gasteiger partial charge >= 0.3 is 0 Å². The van der Waals surface area contributed by atoms with Crippen LogP contribution in [0, 0.1) is 0 Å². The van der Waals surface area contributed by atoms with E-state index in [-0.39, 0.29) is 11.5 Å². The van der Waals surface area contributed by atoms with Gasteiger partial charge in [-0.2, -0.15) is 9.97 Å². The Morgan fingerprint density at radius 3 is 2.43 bits per heavy atom. The summed E-state index contributed by atoms with van der Waals surface area (Å²) in [6, 6.07) is 12.1. The normalized spacial score (nSPS) is 11.2. The minimum absolute atomic E-state index is 0.123. The first-order valence-electron chi connectivity index (χ1n) is 6.92. The fraction of sp³-hybridized carbons (Fsp3) is 0.333. The third-order valence-corrected chi connectivity index (χ3v) is 3.24. The second-order valence-corrected chi connectivity index (χ2v) is 5.64. The Morgan fingerprint density at radius 2 is 1.76 bits per heavy atom. The number of hydrazine groups is 1. The van der Waals surface area contributed by atoms with E-state index in [4.69, 9.17) is 11.6 Å². The van der Waals surface area contributed by atoms with Crippen LogP contribution >= 0.6 is 0 Å². The van der Waals surface area contributed by atoms with Crippen molar-refractivity contribution in [3.05, 3.63) is 42.0 Å². The molecular formula is C15H22N6. The maximum Gasteiger partial charge on any atom is 0.223 e. The van der Waals surface area contributed by atoms with Crippen LogP contribution in [0.2, 0.25) is 0 Å². The van der Waals surface area contributed by atoms with E-state index in [2.05, 4.69) is 58.8 Å². The van der Waals surface area contributed by atoms with E-state index in [1.807, 2.05) is 6.07 Å².